The Morgan fingerprint density at radius 3 is 2.97 bits per heavy atom. The van der Waals surface area contributed by atoms with E-state index in [9.17, 15) is 9.18 Å². The van der Waals surface area contributed by atoms with E-state index in [4.69, 9.17) is 8.83 Å². The van der Waals surface area contributed by atoms with Gasteiger partial charge in [0.15, 0.2) is 0 Å². The van der Waals surface area contributed by atoms with Crippen LogP contribution in [0.4, 0.5) is 4.39 Å². The number of amides is 1. The first-order chi connectivity index (χ1) is 14.1. The number of furan rings is 1. The van der Waals surface area contributed by atoms with Crippen molar-refractivity contribution < 1.29 is 18.0 Å². The van der Waals surface area contributed by atoms with Crippen LogP contribution >= 0.6 is 0 Å². The van der Waals surface area contributed by atoms with E-state index in [0.29, 0.717) is 36.8 Å². The second-order valence-corrected chi connectivity index (χ2v) is 7.37. The highest BCUT2D eigenvalue weighted by molar-refractivity contribution is 5.78. The fourth-order valence-corrected chi connectivity index (χ4v) is 3.68. The van der Waals surface area contributed by atoms with Gasteiger partial charge in [0.05, 0.1) is 30.0 Å². The quantitative estimate of drug-likeness (QED) is 0.683. The standard InChI is InChI=1S/C22H24FN3O3/c1-15-20(25-22(29-15)18-8-2-3-9-19(18)23)14-26-10-4-6-16(13-26)21(27)24-12-17-7-5-11-28-17/h2-3,5,7-9,11,16H,4,6,10,12-14H2,1H3,(H,24,27). The van der Waals surface area contributed by atoms with Gasteiger partial charge in [-0.25, -0.2) is 9.37 Å². The molecule has 1 saturated heterocycles. The average Bonchev–Trinajstić information content (AvgIpc) is 3.37. The molecule has 0 saturated carbocycles. The summed E-state index contributed by atoms with van der Waals surface area (Å²) in [5.41, 5.74) is 1.13. The summed E-state index contributed by atoms with van der Waals surface area (Å²) in [6.45, 7) is 4.36. The Kier molecular flexibility index (Phi) is 5.76. The number of rotatable bonds is 6. The Morgan fingerprint density at radius 1 is 1.31 bits per heavy atom. The van der Waals surface area contributed by atoms with Crippen molar-refractivity contribution in [1.29, 1.82) is 0 Å². The van der Waals surface area contributed by atoms with Gasteiger partial charge in [0.2, 0.25) is 11.8 Å². The summed E-state index contributed by atoms with van der Waals surface area (Å²) in [4.78, 5) is 19.2. The smallest absolute Gasteiger partial charge is 0.229 e. The van der Waals surface area contributed by atoms with Crippen molar-refractivity contribution in [3.8, 4) is 11.5 Å². The van der Waals surface area contributed by atoms with E-state index in [1.54, 1.807) is 30.5 Å². The highest BCUT2D eigenvalue weighted by Gasteiger charge is 2.27. The molecule has 6 nitrogen and oxygen atoms in total. The lowest BCUT2D eigenvalue weighted by atomic mass is 9.97. The fourth-order valence-electron chi connectivity index (χ4n) is 3.68. The Bertz CT molecular complexity index is 968. The predicted octanol–water partition coefficient (Wildman–Crippen LogP) is 3.91. The topological polar surface area (TPSA) is 71.5 Å². The predicted molar refractivity (Wildman–Crippen MR) is 105 cm³/mol. The van der Waals surface area contributed by atoms with E-state index in [1.807, 2.05) is 13.0 Å². The Hall–Kier alpha value is -2.93. The number of hydrogen-bond donors (Lipinski definition) is 1. The summed E-state index contributed by atoms with van der Waals surface area (Å²) >= 11 is 0. The number of oxazole rings is 1. The van der Waals surface area contributed by atoms with Crippen LogP contribution in [0, 0.1) is 18.7 Å². The molecule has 0 bridgehead atoms. The fraction of sp³-hybridized carbons (Fsp3) is 0.364. The van der Waals surface area contributed by atoms with Crippen LogP contribution < -0.4 is 5.32 Å². The number of aromatic nitrogens is 1. The Balaban J connectivity index is 1.38. The zero-order chi connectivity index (χ0) is 20.2. The molecule has 29 heavy (non-hydrogen) atoms. The first kappa shape index (κ1) is 19.4. The van der Waals surface area contributed by atoms with Crippen LogP contribution in [0.5, 0.6) is 0 Å². The van der Waals surface area contributed by atoms with Gasteiger partial charge in [0.1, 0.15) is 17.3 Å². The molecule has 1 atom stereocenters. The van der Waals surface area contributed by atoms with Crippen molar-refractivity contribution in [3.05, 3.63) is 65.7 Å². The lowest BCUT2D eigenvalue weighted by Gasteiger charge is -2.31. The summed E-state index contributed by atoms with van der Waals surface area (Å²) in [7, 11) is 0. The molecule has 1 amide bonds. The minimum atomic E-state index is -0.355. The summed E-state index contributed by atoms with van der Waals surface area (Å²) in [5.74, 6) is 1.32. The number of benzene rings is 1. The Labute approximate surface area is 168 Å². The molecule has 3 aromatic rings. The van der Waals surface area contributed by atoms with Gasteiger partial charge >= 0.3 is 0 Å². The molecule has 0 radical (unpaired) electrons. The number of piperidine rings is 1. The molecule has 0 aliphatic carbocycles. The molecule has 3 heterocycles. The van der Waals surface area contributed by atoms with E-state index >= 15 is 0 Å². The van der Waals surface area contributed by atoms with Crippen LogP contribution in [-0.2, 0) is 17.9 Å². The first-order valence-corrected chi connectivity index (χ1v) is 9.84. The summed E-state index contributed by atoms with van der Waals surface area (Å²) < 4.78 is 25.0. The van der Waals surface area contributed by atoms with Gasteiger partial charge in [0, 0.05) is 13.1 Å². The van der Waals surface area contributed by atoms with Crippen LogP contribution in [0.15, 0.2) is 51.5 Å². The SMILES string of the molecule is Cc1oc(-c2ccccc2F)nc1CN1CCCC(C(=O)NCc2ccco2)C1. The molecule has 1 unspecified atom stereocenters. The minimum Gasteiger partial charge on any atom is -0.467 e. The third kappa shape index (κ3) is 4.56. The van der Waals surface area contributed by atoms with E-state index in [-0.39, 0.29) is 17.6 Å². The molecule has 2 aromatic heterocycles. The van der Waals surface area contributed by atoms with E-state index in [0.717, 1.165) is 30.8 Å². The molecule has 152 valence electrons. The van der Waals surface area contributed by atoms with Crippen LogP contribution in [0.2, 0.25) is 0 Å². The van der Waals surface area contributed by atoms with Crippen LogP contribution in [0.3, 0.4) is 0 Å². The summed E-state index contributed by atoms with van der Waals surface area (Å²) in [6.07, 6.45) is 3.40. The van der Waals surface area contributed by atoms with Gasteiger partial charge in [-0.3, -0.25) is 9.69 Å². The van der Waals surface area contributed by atoms with Crippen LogP contribution in [0.25, 0.3) is 11.5 Å². The second kappa shape index (κ2) is 8.61. The van der Waals surface area contributed by atoms with Crippen molar-refractivity contribution in [1.82, 2.24) is 15.2 Å². The molecule has 1 fully saturated rings. The molecule has 1 aliphatic heterocycles. The van der Waals surface area contributed by atoms with Gasteiger partial charge in [-0.1, -0.05) is 12.1 Å². The van der Waals surface area contributed by atoms with Gasteiger partial charge < -0.3 is 14.2 Å². The number of carbonyl (C=O) groups excluding carboxylic acids is 1. The van der Waals surface area contributed by atoms with E-state index < -0.39 is 0 Å². The van der Waals surface area contributed by atoms with E-state index in [1.165, 1.54) is 6.07 Å². The molecule has 7 heteroatoms. The number of halogens is 1. The zero-order valence-corrected chi connectivity index (χ0v) is 16.4. The largest absolute Gasteiger partial charge is 0.467 e. The normalized spacial score (nSPS) is 17.4. The van der Waals surface area contributed by atoms with Crippen LogP contribution in [-0.4, -0.2) is 28.9 Å². The molecule has 1 aromatic carbocycles. The summed E-state index contributed by atoms with van der Waals surface area (Å²) in [5, 5.41) is 2.95. The maximum absolute atomic E-state index is 14.0. The molecule has 0 spiro atoms. The van der Waals surface area contributed by atoms with Gasteiger partial charge in [-0.15, -0.1) is 0 Å². The maximum atomic E-state index is 14.0. The third-order valence-corrected chi connectivity index (χ3v) is 5.26. The zero-order valence-electron chi connectivity index (χ0n) is 16.4. The molecule has 4 rings (SSSR count). The highest BCUT2D eigenvalue weighted by atomic mass is 19.1. The monoisotopic (exact) mass is 397 g/mol. The number of hydrogen-bond acceptors (Lipinski definition) is 5. The number of nitrogens with zero attached hydrogens (tertiary/aromatic N) is 2. The average molecular weight is 397 g/mol. The van der Waals surface area contributed by atoms with E-state index in [2.05, 4.69) is 15.2 Å². The molecule has 1 aliphatic rings. The van der Waals surface area contributed by atoms with Crippen molar-refractivity contribution >= 4 is 5.91 Å². The van der Waals surface area contributed by atoms with Gasteiger partial charge in [0.25, 0.3) is 0 Å². The first-order valence-electron chi connectivity index (χ1n) is 9.84. The lowest BCUT2D eigenvalue weighted by Crippen LogP contribution is -2.42. The summed E-state index contributed by atoms with van der Waals surface area (Å²) in [6, 6.07) is 10.1. The number of carbonyl (C=O) groups is 1. The van der Waals surface area contributed by atoms with Crippen molar-refractivity contribution in [2.45, 2.75) is 32.9 Å². The maximum Gasteiger partial charge on any atom is 0.229 e. The van der Waals surface area contributed by atoms with Crippen molar-refractivity contribution in [2.24, 2.45) is 5.92 Å². The molecular formula is C22H24FN3O3. The molecular weight excluding hydrogens is 373 g/mol. The number of likely N-dealkylation sites (tertiary alicyclic amines) is 1. The van der Waals surface area contributed by atoms with Gasteiger partial charge in [-0.05, 0) is 50.6 Å². The number of nitrogens with one attached hydrogen (secondary N) is 1. The highest BCUT2D eigenvalue weighted by Crippen LogP contribution is 2.26. The lowest BCUT2D eigenvalue weighted by molar-refractivity contribution is -0.127. The second-order valence-electron chi connectivity index (χ2n) is 7.37. The van der Waals surface area contributed by atoms with Crippen molar-refractivity contribution in [2.75, 3.05) is 13.1 Å². The van der Waals surface area contributed by atoms with Crippen LogP contribution in [0.1, 0.15) is 30.1 Å². The Morgan fingerprint density at radius 2 is 2.17 bits per heavy atom. The van der Waals surface area contributed by atoms with Gasteiger partial charge in [-0.2, -0.15) is 0 Å². The minimum absolute atomic E-state index is 0.0371. The number of aryl methyl sites for hydroxylation is 1. The third-order valence-electron chi connectivity index (χ3n) is 5.26. The molecule has 1 N–H and O–H groups in total. The van der Waals surface area contributed by atoms with Crippen molar-refractivity contribution in [3.63, 3.8) is 0 Å².